The molecule has 0 bridgehead atoms. The molecule has 0 radical (unpaired) electrons. The second kappa shape index (κ2) is 8.26. The minimum Gasteiger partial charge on any atom is -0.507 e. The van der Waals surface area contributed by atoms with Gasteiger partial charge >= 0.3 is 0 Å². The molecule has 120 valence electrons. The molecule has 1 fully saturated rings. The van der Waals surface area contributed by atoms with Gasteiger partial charge in [0.25, 0.3) is 5.91 Å². The molecule has 1 saturated carbocycles. The van der Waals surface area contributed by atoms with Gasteiger partial charge in [0.2, 0.25) is 0 Å². The van der Waals surface area contributed by atoms with Crippen LogP contribution in [0.15, 0.2) is 29.3 Å². The summed E-state index contributed by atoms with van der Waals surface area (Å²) in [7, 11) is 0. The smallest absolute Gasteiger partial charge is 0.255 e. The van der Waals surface area contributed by atoms with Crippen LogP contribution < -0.4 is 16.0 Å². The van der Waals surface area contributed by atoms with Gasteiger partial charge in [0.05, 0.1) is 5.56 Å². The molecule has 1 aromatic carbocycles. The van der Waals surface area contributed by atoms with Gasteiger partial charge in [0, 0.05) is 26.2 Å². The molecule has 0 unspecified atom stereocenters. The third kappa shape index (κ3) is 5.27. The molecule has 0 atom stereocenters. The van der Waals surface area contributed by atoms with Crippen LogP contribution in [0.4, 0.5) is 0 Å². The number of guanidine groups is 1. The van der Waals surface area contributed by atoms with Crippen LogP contribution >= 0.6 is 0 Å². The molecule has 0 aromatic heterocycles. The number of nitrogens with zero attached hydrogens (tertiary/aromatic N) is 1. The van der Waals surface area contributed by atoms with E-state index in [9.17, 15) is 9.90 Å². The van der Waals surface area contributed by atoms with Crippen LogP contribution in [-0.4, -0.2) is 43.2 Å². The van der Waals surface area contributed by atoms with Crippen molar-refractivity contribution >= 4 is 11.9 Å². The van der Waals surface area contributed by atoms with E-state index in [1.165, 1.54) is 18.9 Å². The zero-order valence-corrected chi connectivity index (χ0v) is 12.9. The van der Waals surface area contributed by atoms with Crippen molar-refractivity contribution < 1.29 is 9.90 Å². The quantitative estimate of drug-likeness (QED) is 0.345. The van der Waals surface area contributed by atoms with Crippen molar-refractivity contribution in [1.82, 2.24) is 16.0 Å². The number of amides is 1. The van der Waals surface area contributed by atoms with Gasteiger partial charge in [-0.15, -0.1) is 0 Å². The third-order valence-corrected chi connectivity index (χ3v) is 3.40. The maximum atomic E-state index is 11.9. The van der Waals surface area contributed by atoms with Gasteiger partial charge in [0.15, 0.2) is 5.96 Å². The zero-order chi connectivity index (χ0) is 15.8. The number of hydrogen-bond donors (Lipinski definition) is 4. The van der Waals surface area contributed by atoms with E-state index in [-0.39, 0.29) is 17.2 Å². The molecule has 0 aliphatic heterocycles. The third-order valence-electron chi connectivity index (χ3n) is 3.40. The van der Waals surface area contributed by atoms with Crippen LogP contribution in [0.3, 0.4) is 0 Å². The Labute approximate surface area is 131 Å². The lowest BCUT2D eigenvalue weighted by molar-refractivity contribution is 0.0951. The molecule has 0 spiro atoms. The number of aliphatic imine (C=N–C) groups is 1. The summed E-state index contributed by atoms with van der Waals surface area (Å²) < 4.78 is 0. The summed E-state index contributed by atoms with van der Waals surface area (Å²) >= 11 is 0. The Balaban J connectivity index is 1.71. The predicted octanol–water partition coefficient (Wildman–Crippen LogP) is 1.09. The maximum absolute atomic E-state index is 11.9. The molecular formula is C16H24N4O2. The minimum atomic E-state index is -0.278. The van der Waals surface area contributed by atoms with Gasteiger partial charge in [-0.25, -0.2) is 0 Å². The van der Waals surface area contributed by atoms with Crippen LogP contribution in [0.2, 0.25) is 0 Å². The number of para-hydroxylation sites is 1. The van der Waals surface area contributed by atoms with E-state index in [2.05, 4.69) is 20.9 Å². The van der Waals surface area contributed by atoms with Crippen LogP contribution in [0.5, 0.6) is 5.75 Å². The Morgan fingerprint density at radius 3 is 2.64 bits per heavy atom. The second-order valence-corrected chi connectivity index (χ2v) is 5.36. The van der Waals surface area contributed by atoms with Crippen molar-refractivity contribution in [2.24, 2.45) is 10.9 Å². The Kier molecular flexibility index (Phi) is 6.06. The summed E-state index contributed by atoms with van der Waals surface area (Å²) in [4.78, 5) is 16.4. The molecule has 6 heteroatoms. The van der Waals surface area contributed by atoms with E-state index in [1.54, 1.807) is 18.2 Å². The highest BCUT2D eigenvalue weighted by Crippen LogP contribution is 2.28. The second-order valence-electron chi connectivity index (χ2n) is 5.36. The van der Waals surface area contributed by atoms with Gasteiger partial charge in [-0.3, -0.25) is 9.79 Å². The van der Waals surface area contributed by atoms with Gasteiger partial charge in [-0.05, 0) is 37.8 Å². The average Bonchev–Trinajstić information content (AvgIpc) is 3.33. The largest absolute Gasteiger partial charge is 0.507 e. The van der Waals surface area contributed by atoms with E-state index in [0.29, 0.717) is 13.1 Å². The SMILES string of the molecule is CCNC(=NCC1CC1)NCCNC(=O)c1ccccc1O. The van der Waals surface area contributed by atoms with E-state index in [4.69, 9.17) is 0 Å². The number of aromatic hydroxyl groups is 1. The highest BCUT2D eigenvalue weighted by Gasteiger charge is 2.20. The van der Waals surface area contributed by atoms with Crippen LogP contribution in [0, 0.1) is 5.92 Å². The number of hydrogen-bond acceptors (Lipinski definition) is 3. The first-order chi connectivity index (χ1) is 10.7. The summed E-state index contributed by atoms with van der Waals surface area (Å²) in [6.45, 7) is 4.73. The van der Waals surface area contributed by atoms with Crippen molar-refractivity contribution in [2.75, 3.05) is 26.2 Å². The number of benzene rings is 1. The molecule has 1 aliphatic rings. The van der Waals surface area contributed by atoms with E-state index in [1.807, 2.05) is 6.92 Å². The van der Waals surface area contributed by atoms with E-state index in [0.717, 1.165) is 25.0 Å². The Morgan fingerprint density at radius 1 is 1.23 bits per heavy atom. The summed E-state index contributed by atoms with van der Waals surface area (Å²) in [6, 6.07) is 6.51. The van der Waals surface area contributed by atoms with Crippen molar-refractivity contribution in [3.8, 4) is 5.75 Å². The molecule has 1 aromatic rings. The number of phenols is 1. The first-order valence-electron chi connectivity index (χ1n) is 7.79. The average molecular weight is 304 g/mol. The monoisotopic (exact) mass is 304 g/mol. The number of carbonyl (C=O) groups excluding carboxylic acids is 1. The van der Waals surface area contributed by atoms with Crippen LogP contribution in [0.25, 0.3) is 0 Å². The fourth-order valence-electron chi connectivity index (χ4n) is 1.98. The Hall–Kier alpha value is -2.24. The first-order valence-corrected chi connectivity index (χ1v) is 7.79. The summed E-state index contributed by atoms with van der Waals surface area (Å²) in [5.41, 5.74) is 0.289. The molecule has 6 nitrogen and oxygen atoms in total. The van der Waals surface area contributed by atoms with Gasteiger partial charge in [0.1, 0.15) is 5.75 Å². The molecule has 2 rings (SSSR count). The molecule has 0 heterocycles. The lowest BCUT2D eigenvalue weighted by Gasteiger charge is -2.12. The van der Waals surface area contributed by atoms with E-state index >= 15 is 0 Å². The van der Waals surface area contributed by atoms with Gasteiger partial charge in [-0.1, -0.05) is 12.1 Å². The van der Waals surface area contributed by atoms with Crippen molar-refractivity contribution in [3.63, 3.8) is 0 Å². The topological polar surface area (TPSA) is 85.8 Å². The van der Waals surface area contributed by atoms with Crippen LogP contribution in [0.1, 0.15) is 30.1 Å². The van der Waals surface area contributed by atoms with Crippen molar-refractivity contribution in [3.05, 3.63) is 29.8 Å². The van der Waals surface area contributed by atoms with E-state index < -0.39 is 0 Å². The standard InChI is InChI=1S/C16H24N4O2/c1-2-17-16(20-11-12-7-8-12)19-10-9-18-15(22)13-5-3-4-6-14(13)21/h3-6,12,21H,2,7-11H2,1H3,(H,18,22)(H2,17,19,20). The number of rotatable bonds is 7. The van der Waals surface area contributed by atoms with Gasteiger partial charge < -0.3 is 21.1 Å². The lowest BCUT2D eigenvalue weighted by atomic mass is 10.2. The lowest BCUT2D eigenvalue weighted by Crippen LogP contribution is -2.41. The minimum absolute atomic E-state index is 0.00714. The molecule has 4 N–H and O–H groups in total. The molecule has 1 amide bonds. The van der Waals surface area contributed by atoms with Crippen molar-refractivity contribution in [2.45, 2.75) is 19.8 Å². The molecular weight excluding hydrogens is 280 g/mol. The first kappa shape index (κ1) is 16.1. The maximum Gasteiger partial charge on any atom is 0.255 e. The molecule has 22 heavy (non-hydrogen) atoms. The Bertz CT molecular complexity index is 527. The number of nitrogens with one attached hydrogen (secondary N) is 3. The number of phenolic OH excluding ortho intramolecular Hbond substituents is 1. The highest BCUT2D eigenvalue weighted by molar-refractivity contribution is 5.96. The predicted molar refractivity (Wildman–Crippen MR) is 87.1 cm³/mol. The van der Waals surface area contributed by atoms with Crippen LogP contribution in [-0.2, 0) is 0 Å². The normalized spacial score (nSPS) is 14.5. The fourth-order valence-corrected chi connectivity index (χ4v) is 1.98. The zero-order valence-electron chi connectivity index (χ0n) is 12.9. The van der Waals surface area contributed by atoms with Crippen molar-refractivity contribution in [1.29, 1.82) is 0 Å². The fraction of sp³-hybridized carbons (Fsp3) is 0.500. The summed E-state index contributed by atoms with van der Waals surface area (Å²) in [5, 5.41) is 18.8. The Morgan fingerprint density at radius 2 is 1.95 bits per heavy atom. The highest BCUT2D eigenvalue weighted by atomic mass is 16.3. The summed E-state index contributed by atoms with van der Waals surface area (Å²) in [6.07, 6.45) is 2.55. The van der Waals surface area contributed by atoms with Gasteiger partial charge in [-0.2, -0.15) is 0 Å². The molecule has 0 saturated heterocycles. The summed E-state index contributed by atoms with van der Waals surface area (Å²) in [5.74, 6) is 1.24. The number of carbonyl (C=O) groups is 1. The molecule has 1 aliphatic carbocycles.